The maximum atomic E-state index is 12.8. The van der Waals surface area contributed by atoms with Crippen molar-refractivity contribution >= 4 is 23.7 Å². The highest BCUT2D eigenvalue weighted by molar-refractivity contribution is 6.05. The molecule has 1 aromatic carbocycles. The highest BCUT2D eigenvalue weighted by Gasteiger charge is 2.39. The average molecular weight is 524 g/mol. The van der Waals surface area contributed by atoms with Crippen LogP contribution in [0.4, 0.5) is 13.2 Å². The number of carboxylic acid groups (broad SMARTS) is 1. The number of nitrogens with one attached hydrogen (secondary N) is 1. The van der Waals surface area contributed by atoms with Crippen LogP contribution in [0.2, 0.25) is 0 Å². The second-order valence-electron chi connectivity index (χ2n) is 8.59. The third-order valence-electron chi connectivity index (χ3n) is 6.04. The first-order valence-corrected chi connectivity index (χ1v) is 11.3. The van der Waals surface area contributed by atoms with Gasteiger partial charge in [-0.15, -0.1) is 5.10 Å². The van der Waals surface area contributed by atoms with Crippen LogP contribution in [0.5, 0.6) is 0 Å². The Labute approximate surface area is 208 Å². The molecule has 4 heterocycles. The lowest BCUT2D eigenvalue weighted by Gasteiger charge is -2.29. The number of carbonyl (C=O) groups is 4. The Morgan fingerprint density at radius 3 is 2.54 bits per heavy atom. The first kappa shape index (κ1) is 26.2. The Morgan fingerprint density at radius 2 is 1.89 bits per heavy atom. The van der Waals surface area contributed by atoms with Crippen LogP contribution in [0.25, 0.3) is 5.69 Å². The molecule has 0 aliphatic carbocycles. The zero-order valence-corrected chi connectivity index (χ0v) is 19.4. The van der Waals surface area contributed by atoms with E-state index in [4.69, 9.17) is 14.6 Å². The van der Waals surface area contributed by atoms with E-state index < -0.39 is 24.1 Å². The lowest BCUT2D eigenvalue weighted by molar-refractivity contribution is -0.192. The van der Waals surface area contributed by atoms with Gasteiger partial charge in [0.05, 0.1) is 30.8 Å². The van der Waals surface area contributed by atoms with Crippen LogP contribution in [0.15, 0.2) is 24.4 Å². The Bertz CT molecular complexity index is 1210. The number of morpholine rings is 1. The molecule has 2 saturated heterocycles. The SMILES string of the molecule is O=C(O)C(F)(F)F.O=C1CCC(N2Cc3cc(-n4cc(CN5CCOCC5)nn4)ccc3C2=O)C(=O)N1. The van der Waals surface area contributed by atoms with Crippen molar-refractivity contribution < 1.29 is 42.2 Å². The molecule has 1 aromatic heterocycles. The monoisotopic (exact) mass is 524 g/mol. The third-order valence-corrected chi connectivity index (χ3v) is 6.04. The number of nitrogens with zero attached hydrogens (tertiary/aromatic N) is 5. The third kappa shape index (κ3) is 6.11. The molecule has 37 heavy (non-hydrogen) atoms. The predicted molar refractivity (Wildman–Crippen MR) is 117 cm³/mol. The van der Waals surface area contributed by atoms with Gasteiger partial charge in [-0.3, -0.25) is 24.6 Å². The van der Waals surface area contributed by atoms with E-state index in [1.165, 1.54) is 0 Å². The highest BCUT2D eigenvalue weighted by Crippen LogP contribution is 2.29. The van der Waals surface area contributed by atoms with Gasteiger partial charge in [-0.25, -0.2) is 9.48 Å². The Kier molecular flexibility index (Phi) is 7.54. The number of rotatable bonds is 4. The van der Waals surface area contributed by atoms with Gasteiger partial charge in [0.1, 0.15) is 6.04 Å². The summed E-state index contributed by atoms with van der Waals surface area (Å²) in [7, 11) is 0. The van der Waals surface area contributed by atoms with E-state index in [9.17, 15) is 27.6 Å². The molecule has 198 valence electrons. The first-order chi connectivity index (χ1) is 17.5. The predicted octanol–water partition coefficient (Wildman–Crippen LogP) is 0.494. The smallest absolute Gasteiger partial charge is 0.475 e. The summed E-state index contributed by atoms with van der Waals surface area (Å²) in [6.45, 7) is 4.28. The van der Waals surface area contributed by atoms with Crippen molar-refractivity contribution in [3.63, 3.8) is 0 Å². The minimum absolute atomic E-state index is 0.183. The van der Waals surface area contributed by atoms with Crippen molar-refractivity contribution in [2.75, 3.05) is 26.3 Å². The molecular weight excluding hydrogens is 501 g/mol. The van der Waals surface area contributed by atoms with Gasteiger partial charge in [-0.05, 0) is 30.2 Å². The van der Waals surface area contributed by atoms with E-state index in [0.717, 1.165) is 49.8 Å². The zero-order valence-electron chi connectivity index (χ0n) is 19.4. The molecule has 1 atom stereocenters. The van der Waals surface area contributed by atoms with Gasteiger partial charge >= 0.3 is 12.1 Å². The Balaban J connectivity index is 0.000000405. The van der Waals surface area contributed by atoms with E-state index in [-0.39, 0.29) is 18.2 Å². The summed E-state index contributed by atoms with van der Waals surface area (Å²) in [5.41, 5.74) is 3.11. The molecule has 0 radical (unpaired) electrons. The van der Waals surface area contributed by atoms with Crippen LogP contribution < -0.4 is 5.32 Å². The Morgan fingerprint density at radius 1 is 1.19 bits per heavy atom. The molecule has 12 nitrogen and oxygen atoms in total. The van der Waals surface area contributed by atoms with Crippen LogP contribution in [0.3, 0.4) is 0 Å². The Hall–Kier alpha value is -3.85. The second-order valence-corrected chi connectivity index (χ2v) is 8.59. The lowest BCUT2D eigenvalue weighted by Crippen LogP contribution is -2.52. The number of alkyl halides is 3. The number of aromatic nitrogens is 3. The van der Waals surface area contributed by atoms with Gasteiger partial charge in [0.15, 0.2) is 0 Å². The van der Waals surface area contributed by atoms with Gasteiger partial charge < -0.3 is 14.7 Å². The van der Waals surface area contributed by atoms with E-state index in [1.807, 2.05) is 18.3 Å². The number of carbonyl (C=O) groups excluding carboxylic acids is 3. The quantitative estimate of drug-likeness (QED) is 0.546. The maximum Gasteiger partial charge on any atom is 0.490 e. The molecule has 2 fully saturated rings. The van der Waals surface area contributed by atoms with Crippen molar-refractivity contribution in [3.05, 3.63) is 41.2 Å². The van der Waals surface area contributed by atoms with Crippen LogP contribution in [0, 0.1) is 0 Å². The summed E-state index contributed by atoms with van der Waals surface area (Å²) in [5, 5.41) is 17.9. The van der Waals surface area contributed by atoms with Crippen molar-refractivity contribution in [1.82, 2.24) is 30.1 Å². The number of amides is 3. The van der Waals surface area contributed by atoms with E-state index in [1.54, 1.807) is 15.6 Å². The second kappa shape index (κ2) is 10.6. The number of halogens is 3. The number of hydrogen-bond acceptors (Lipinski definition) is 8. The van der Waals surface area contributed by atoms with Gasteiger partial charge in [0.2, 0.25) is 11.8 Å². The molecular formula is C22H23F3N6O6. The van der Waals surface area contributed by atoms with Gasteiger partial charge in [-0.1, -0.05) is 5.21 Å². The number of aliphatic carboxylic acids is 1. The van der Waals surface area contributed by atoms with Crippen molar-refractivity contribution in [2.24, 2.45) is 0 Å². The molecule has 0 saturated carbocycles. The van der Waals surface area contributed by atoms with E-state index >= 15 is 0 Å². The van der Waals surface area contributed by atoms with Crippen molar-refractivity contribution in [3.8, 4) is 5.69 Å². The van der Waals surface area contributed by atoms with E-state index in [0.29, 0.717) is 18.5 Å². The molecule has 2 N–H and O–H groups in total. The average Bonchev–Trinajstić information content (AvgIpc) is 3.44. The number of imide groups is 1. The fraction of sp³-hybridized carbons (Fsp3) is 0.455. The first-order valence-electron chi connectivity index (χ1n) is 11.3. The van der Waals surface area contributed by atoms with Crippen LogP contribution >= 0.6 is 0 Å². The summed E-state index contributed by atoms with van der Waals surface area (Å²) in [4.78, 5) is 49.1. The molecule has 1 unspecified atom stereocenters. The van der Waals surface area contributed by atoms with Crippen molar-refractivity contribution in [1.29, 1.82) is 0 Å². The highest BCUT2D eigenvalue weighted by atomic mass is 19.4. The summed E-state index contributed by atoms with van der Waals surface area (Å²) >= 11 is 0. The standard InChI is InChI=1S/C20H22N6O4.C2HF3O2/c27-18-4-3-17(19(28)21-18)25-10-13-9-15(1-2-16(13)20(25)29)26-12-14(22-23-26)11-24-5-7-30-8-6-24;3-2(4,5)1(6)7/h1-2,9,12,17H,3-8,10-11H2,(H,21,27,28);(H,6,7). The number of fused-ring (bicyclic) bond motifs is 1. The minimum atomic E-state index is -5.08. The van der Waals surface area contributed by atoms with E-state index in [2.05, 4.69) is 20.5 Å². The largest absolute Gasteiger partial charge is 0.490 e. The van der Waals surface area contributed by atoms with Crippen LogP contribution in [-0.4, -0.2) is 92.1 Å². The molecule has 15 heteroatoms. The number of ether oxygens (including phenoxy) is 1. The fourth-order valence-corrected chi connectivity index (χ4v) is 4.19. The molecule has 5 rings (SSSR count). The zero-order chi connectivity index (χ0) is 26.7. The number of piperidine rings is 1. The summed E-state index contributed by atoms with van der Waals surface area (Å²) in [5.74, 6) is -3.64. The number of carboxylic acids is 1. The topological polar surface area (TPSA) is 147 Å². The molecule has 0 spiro atoms. The van der Waals surface area contributed by atoms with Gasteiger partial charge in [0, 0.05) is 38.2 Å². The molecule has 2 aromatic rings. The van der Waals surface area contributed by atoms with Crippen LogP contribution in [0.1, 0.15) is 34.5 Å². The number of benzene rings is 1. The molecule has 0 bridgehead atoms. The maximum absolute atomic E-state index is 12.8. The fourth-order valence-electron chi connectivity index (χ4n) is 4.19. The summed E-state index contributed by atoms with van der Waals surface area (Å²) in [6.07, 6.45) is -2.59. The van der Waals surface area contributed by atoms with Gasteiger partial charge in [-0.2, -0.15) is 13.2 Å². The van der Waals surface area contributed by atoms with Gasteiger partial charge in [0.25, 0.3) is 5.91 Å². The summed E-state index contributed by atoms with van der Waals surface area (Å²) in [6, 6.07) is 4.89. The molecule has 3 aliphatic rings. The van der Waals surface area contributed by atoms with Crippen LogP contribution in [-0.2, 0) is 32.2 Å². The lowest BCUT2D eigenvalue weighted by atomic mass is 10.0. The van der Waals surface area contributed by atoms with Crippen molar-refractivity contribution in [2.45, 2.75) is 38.1 Å². The molecule has 3 amide bonds. The summed E-state index contributed by atoms with van der Waals surface area (Å²) < 4.78 is 38.8. The minimum Gasteiger partial charge on any atom is -0.475 e. The normalized spacial score (nSPS) is 20.2. The molecule has 3 aliphatic heterocycles. The number of hydrogen-bond donors (Lipinski definition) is 2.